The maximum absolute atomic E-state index is 9.60. The van der Waals surface area contributed by atoms with Crippen molar-refractivity contribution in [2.75, 3.05) is 5.32 Å². The summed E-state index contributed by atoms with van der Waals surface area (Å²) in [7, 11) is 0. The predicted octanol–water partition coefficient (Wildman–Crippen LogP) is 2.54. The molecule has 2 N–H and O–H groups in total. The molecule has 4 heteroatoms. The minimum Gasteiger partial charge on any atom is -0.506 e. The van der Waals surface area contributed by atoms with Crippen molar-refractivity contribution in [3.05, 3.63) is 41.9 Å². The number of aromatic hydroxyl groups is 1. The van der Waals surface area contributed by atoms with E-state index in [1.807, 2.05) is 26.0 Å². The largest absolute Gasteiger partial charge is 0.506 e. The van der Waals surface area contributed by atoms with Gasteiger partial charge in [-0.2, -0.15) is 0 Å². The molecule has 82 valence electrons. The average molecular weight is 215 g/mol. The molecule has 1 aromatic carbocycles. The molecule has 16 heavy (non-hydrogen) atoms. The van der Waals surface area contributed by atoms with E-state index in [1.54, 1.807) is 18.2 Å². The second kappa shape index (κ2) is 4.18. The van der Waals surface area contributed by atoms with Crippen LogP contribution in [0.4, 0.5) is 11.5 Å². The maximum atomic E-state index is 9.60. The summed E-state index contributed by atoms with van der Waals surface area (Å²) in [6.07, 6.45) is 0. The molecule has 0 aliphatic carbocycles. The van der Waals surface area contributed by atoms with Crippen molar-refractivity contribution in [2.24, 2.45) is 0 Å². The smallest absolute Gasteiger partial charge is 0.139 e. The first-order chi connectivity index (χ1) is 7.65. The molecule has 2 rings (SSSR count). The number of anilines is 2. The molecular weight excluding hydrogens is 202 g/mol. The van der Waals surface area contributed by atoms with Crippen LogP contribution in [0.5, 0.6) is 5.75 Å². The minimum absolute atomic E-state index is 0.205. The number of phenolic OH excluding ortho intramolecular Hbond substituents is 1. The van der Waals surface area contributed by atoms with Crippen LogP contribution in [0.1, 0.15) is 11.5 Å². The Balaban J connectivity index is 2.30. The molecule has 0 amide bonds. The molecule has 0 aliphatic heterocycles. The highest BCUT2D eigenvalue weighted by Gasteiger charge is 2.02. The van der Waals surface area contributed by atoms with E-state index >= 15 is 0 Å². The summed E-state index contributed by atoms with van der Waals surface area (Å²) >= 11 is 0. The van der Waals surface area contributed by atoms with Gasteiger partial charge in [-0.3, -0.25) is 0 Å². The van der Waals surface area contributed by atoms with Crippen molar-refractivity contribution < 1.29 is 5.11 Å². The number of aromatic nitrogens is 2. The zero-order chi connectivity index (χ0) is 11.5. The molecule has 0 spiro atoms. The maximum Gasteiger partial charge on any atom is 0.139 e. The Morgan fingerprint density at radius 2 is 1.88 bits per heavy atom. The van der Waals surface area contributed by atoms with Crippen LogP contribution >= 0.6 is 0 Å². The number of phenols is 1. The predicted molar refractivity (Wildman–Crippen MR) is 62.9 cm³/mol. The van der Waals surface area contributed by atoms with Gasteiger partial charge in [-0.05, 0) is 26.0 Å². The Morgan fingerprint density at radius 1 is 1.12 bits per heavy atom. The number of hydrogen-bond donors (Lipinski definition) is 2. The van der Waals surface area contributed by atoms with E-state index in [9.17, 15) is 5.11 Å². The Bertz CT molecular complexity index is 491. The second-order valence-electron chi connectivity index (χ2n) is 3.58. The summed E-state index contributed by atoms with van der Waals surface area (Å²) in [6, 6.07) is 8.88. The van der Waals surface area contributed by atoms with Gasteiger partial charge >= 0.3 is 0 Å². The lowest BCUT2D eigenvalue weighted by Crippen LogP contribution is -1.98. The van der Waals surface area contributed by atoms with Crippen molar-refractivity contribution in [2.45, 2.75) is 13.8 Å². The number of nitrogens with one attached hydrogen (secondary N) is 1. The lowest BCUT2D eigenvalue weighted by molar-refractivity contribution is 0.477. The Kier molecular flexibility index (Phi) is 2.72. The number of aryl methyl sites for hydroxylation is 2. The second-order valence-corrected chi connectivity index (χ2v) is 3.58. The molecule has 2 aromatic rings. The van der Waals surface area contributed by atoms with Crippen LogP contribution in [0.2, 0.25) is 0 Å². The molecule has 0 radical (unpaired) electrons. The first kappa shape index (κ1) is 10.4. The monoisotopic (exact) mass is 215 g/mol. The van der Waals surface area contributed by atoms with Gasteiger partial charge in [0.05, 0.1) is 5.69 Å². The van der Waals surface area contributed by atoms with Crippen molar-refractivity contribution in [3.8, 4) is 5.75 Å². The first-order valence-electron chi connectivity index (χ1n) is 5.02. The molecule has 0 atom stereocenters. The van der Waals surface area contributed by atoms with Gasteiger partial charge in [-0.1, -0.05) is 12.1 Å². The lowest BCUT2D eigenvalue weighted by Gasteiger charge is -2.08. The van der Waals surface area contributed by atoms with Crippen molar-refractivity contribution >= 4 is 11.5 Å². The zero-order valence-electron chi connectivity index (χ0n) is 9.23. The van der Waals surface area contributed by atoms with Crippen molar-refractivity contribution in [1.29, 1.82) is 0 Å². The van der Waals surface area contributed by atoms with E-state index in [0.29, 0.717) is 17.3 Å². The molecule has 0 bridgehead atoms. The third kappa shape index (κ3) is 2.28. The lowest BCUT2D eigenvalue weighted by atomic mass is 10.3. The van der Waals surface area contributed by atoms with Crippen LogP contribution in [0, 0.1) is 13.8 Å². The van der Waals surface area contributed by atoms with E-state index in [4.69, 9.17) is 0 Å². The van der Waals surface area contributed by atoms with E-state index in [-0.39, 0.29) is 5.75 Å². The number of hydrogen-bond acceptors (Lipinski definition) is 4. The van der Waals surface area contributed by atoms with E-state index in [1.165, 1.54) is 0 Å². The molecule has 1 heterocycles. The summed E-state index contributed by atoms with van der Waals surface area (Å²) in [6.45, 7) is 3.74. The van der Waals surface area contributed by atoms with Crippen LogP contribution in [0.25, 0.3) is 0 Å². The van der Waals surface area contributed by atoms with Gasteiger partial charge in [0.25, 0.3) is 0 Å². The topological polar surface area (TPSA) is 58.0 Å². The molecule has 0 unspecified atom stereocenters. The van der Waals surface area contributed by atoms with Crippen LogP contribution in [0.15, 0.2) is 30.3 Å². The summed E-state index contributed by atoms with van der Waals surface area (Å²) in [5.41, 5.74) is 1.53. The van der Waals surface area contributed by atoms with Gasteiger partial charge in [0.15, 0.2) is 0 Å². The first-order valence-corrected chi connectivity index (χ1v) is 5.02. The number of para-hydroxylation sites is 2. The van der Waals surface area contributed by atoms with E-state index < -0.39 is 0 Å². The molecule has 1 aromatic heterocycles. The Hall–Kier alpha value is -2.10. The highest BCUT2D eigenvalue weighted by molar-refractivity contribution is 5.63. The highest BCUT2D eigenvalue weighted by Crippen LogP contribution is 2.24. The van der Waals surface area contributed by atoms with Crippen LogP contribution in [-0.4, -0.2) is 15.1 Å². The molecule has 4 nitrogen and oxygen atoms in total. The SMILES string of the molecule is Cc1cc(Nc2ccccc2O)nc(C)n1. The molecule has 0 fully saturated rings. The fourth-order valence-electron chi connectivity index (χ4n) is 1.50. The third-order valence-corrected chi connectivity index (χ3v) is 2.13. The third-order valence-electron chi connectivity index (χ3n) is 2.13. The summed E-state index contributed by atoms with van der Waals surface area (Å²) in [5, 5.41) is 12.7. The van der Waals surface area contributed by atoms with Crippen LogP contribution < -0.4 is 5.32 Å². The van der Waals surface area contributed by atoms with Crippen molar-refractivity contribution in [1.82, 2.24) is 9.97 Å². The van der Waals surface area contributed by atoms with E-state index in [2.05, 4.69) is 15.3 Å². The van der Waals surface area contributed by atoms with Gasteiger partial charge in [0, 0.05) is 11.8 Å². The highest BCUT2D eigenvalue weighted by atomic mass is 16.3. The van der Waals surface area contributed by atoms with Crippen LogP contribution in [0.3, 0.4) is 0 Å². The summed E-state index contributed by atoms with van der Waals surface area (Å²) in [5.74, 6) is 1.60. The van der Waals surface area contributed by atoms with Crippen LogP contribution in [-0.2, 0) is 0 Å². The van der Waals surface area contributed by atoms with Gasteiger partial charge in [-0.15, -0.1) is 0 Å². The minimum atomic E-state index is 0.205. The number of benzene rings is 1. The van der Waals surface area contributed by atoms with Gasteiger partial charge < -0.3 is 10.4 Å². The van der Waals surface area contributed by atoms with Gasteiger partial charge in [0.2, 0.25) is 0 Å². The normalized spacial score (nSPS) is 10.1. The fraction of sp³-hybridized carbons (Fsp3) is 0.167. The standard InChI is InChI=1S/C12H13N3O/c1-8-7-12(14-9(2)13-8)15-10-5-3-4-6-11(10)16/h3-7,16H,1-2H3,(H,13,14,15). The van der Waals surface area contributed by atoms with Gasteiger partial charge in [0.1, 0.15) is 17.4 Å². The quantitative estimate of drug-likeness (QED) is 0.756. The van der Waals surface area contributed by atoms with Gasteiger partial charge in [-0.25, -0.2) is 9.97 Å². The Morgan fingerprint density at radius 3 is 2.56 bits per heavy atom. The summed E-state index contributed by atoms with van der Waals surface area (Å²) in [4.78, 5) is 8.42. The average Bonchev–Trinajstić information content (AvgIpc) is 2.20. The fourth-order valence-corrected chi connectivity index (χ4v) is 1.50. The Labute approximate surface area is 94.0 Å². The molecule has 0 saturated carbocycles. The molecule has 0 saturated heterocycles. The molecular formula is C12H13N3O. The van der Waals surface area contributed by atoms with E-state index in [0.717, 1.165) is 5.69 Å². The summed E-state index contributed by atoms with van der Waals surface area (Å²) < 4.78 is 0. The van der Waals surface area contributed by atoms with Crippen molar-refractivity contribution in [3.63, 3.8) is 0 Å². The number of nitrogens with zero attached hydrogens (tertiary/aromatic N) is 2. The zero-order valence-corrected chi connectivity index (χ0v) is 9.23. The molecule has 0 aliphatic rings. The number of rotatable bonds is 2.